The van der Waals surface area contributed by atoms with Crippen LogP contribution in [0, 0.1) is 0 Å². The van der Waals surface area contributed by atoms with Crippen LogP contribution in [-0.2, 0) is 6.54 Å². The molecule has 0 aromatic carbocycles. The highest BCUT2D eigenvalue weighted by molar-refractivity contribution is 5.28. The predicted octanol–water partition coefficient (Wildman–Crippen LogP) is 1.16. The van der Waals surface area contributed by atoms with E-state index < -0.39 is 0 Å². The molecular weight excluding hydrogens is 164 g/mol. The normalized spacial score (nSPS) is 11.1. The summed E-state index contributed by atoms with van der Waals surface area (Å²) in [5.41, 5.74) is 5.79. The second-order valence-corrected chi connectivity index (χ2v) is 3.34. The number of nitrogens with one attached hydrogen (secondary N) is 1. The van der Waals surface area contributed by atoms with Gasteiger partial charge in [-0.3, -0.25) is 0 Å². The van der Waals surface area contributed by atoms with Crippen molar-refractivity contribution in [2.45, 2.75) is 33.4 Å². The van der Waals surface area contributed by atoms with Crippen molar-refractivity contribution in [2.75, 3.05) is 12.3 Å². The number of nitrogens with two attached hydrogens (primary N) is 1. The molecule has 0 spiro atoms. The van der Waals surface area contributed by atoms with E-state index in [1.165, 1.54) is 0 Å². The van der Waals surface area contributed by atoms with Crippen molar-refractivity contribution in [3.05, 3.63) is 12.0 Å². The number of hydrogen-bond donors (Lipinski definition) is 2. The third-order valence-corrected chi connectivity index (χ3v) is 1.95. The Kier molecular flexibility index (Phi) is 3.31. The Balaban J connectivity index is 2.81. The molecule has 1 aromatic rings. The number of nitrogen functional groups attached to an aromatic ring is 1. The molecule has 0 fully saturated rings. The number of nitrogens with zero attached hydrogens (tertiary/aromatic N) is 2. The first-order valence-electron chi connectivity index (χ1n) is 4.69. The summed E-state index contributed by atoms with van der Waals surface area (Å²) in [4.78, 5) is 4.25. The molecule has 1 heterocycles. The minimum atomic E-state index is 0.371. The van der Waals surface area contributed by atoms with Gasteiger partial charge in [-0.05, 0) is 20.4 Å². The SMILES string of the molecule is CCNCc1ncc(N)n1C(C)C. The summed E-state index contributed by atoms with van der Waals surface area (Å²) in [6.45, 7) is 8.02. The standard InChI is InChI=1S/C9H18N4/c1-4-11-6-9-12-5-8(10)13(9)7(2)3/h5,7,11H,4,6,10H2,1-3H3. The minimum absolute atomic E-state index is 0.371. The van der Waals surface area contributed by atoms with E-state index in [0.717, 1.165) is 24.7 Å². The molecule has 0 radical (unpaired) electrons. The van der Waals surface area contributed by atoms with Gasteiger partial charge in [-0.2, -0.15) is 0 Å². The molecule has 1 aromatic heterocycles. The van der Waals surface area contributed by atoms with E-state index in [0.29, 0.717) is 6.04 Å². The maximum absolute atomic E-state index is 5.79. The molecule has 4 nitrogen and oxygen atoms in total. The topological polar surface area (TPSA) is 55.9 Å². The monoisotopic (exact) mass is 182 g/mol. The number of rotatable bonds is 4. The van der Waals surface area contributed by atoms with E-state index in [1.54, 1.807) is 6.20 Å². The summed E-state index contributed by atoms with van der Waals surface area (Å²) in [6.07, 6.45) is 1.71. The van der Waals surface area contributed by atoms with Gasteiger partial charge in [0.2, 0.25) is 0 Å². The number of anilines is 1. The van der Waals surface area contributed by atoms with Gasteiger partial charge in [0.05, 0.1) is 12.7 Å². The van der Waals surface area contributed by atoms with Crippen LogP contribution >= 0.6 is 0 Å². The van der Waals surface area contributed by atoms with Crippen molar-refractivity contribution < 1.29 is 0 Å². The molecule has 0 aliphatic carbocycles. The lowest BCUT2D eigenvalue weighted by atomic mass is 10.3. The highest BCUT2D eigenvalue weighted by Gasteiger charge is 2.08. The van der Waals surface area contributed by atoms with Crippen LogP contribution in [0.15, 0.2) is 6.20 Å². The highest BCUT2D eigenvalue weighted by Crippen LogP contribution is 2.14. The molecule has 74 valence electrons. The van der Waals surface area contributed by atoms with E-state index in [2.05, 4.69) is 31.1 Å². The predicted molar refractivity (Wildman–Crippen MR) is 54.4 cm³/mol. The zero-order chi connectivity index (χ0) is 9.84. The van der Waals surface area contributed by atoms with Crippen molar-refractivity contribution in [3.8, 4) is 0 Å². The summed E-state index contributed by atoms with van der Waals surface area (Å²) in [5.74, 6) is 1.75. The second-order valence-electron chi connectivity index (χ2n) is 3.34. The molecule has 4 heteroatoms. The quantitative estimate of drug-likeness (QED) is 0.734. The van der Waals surface area contributed by atoms with Crippen molar-refractivity contribution in [1.29, 1.82) is 0 Å². The van der Waals surface area contributed by atoms with Gasteiger partial charge in [0.15, 0.2) is 0 Å². The molecule has 0 saturated heterocycles. The maximum Gasteiger partial charge on any atom is 0.124 e. The third kappa shape index (κ3) is 2.21. The molecule has 0 aliphatic heterocycles. The van der Waals surface area contributed by atoms with E-state index in [9.17, 15) is 0 Å². The second kappa shape index (κ2) is 4.28. The molecule has 0 atom stereocenters. The molecule has 0 unspecified atom stereocenters. The van der Waals surface area contributed by atoms with Gasteiger partial charge >= 0.3 is 0 Å². The summed E-state index contributed by atoms with van der Waals surface area (Å²) < 4.78 is 2.04. The zero-order valence-corrected chi connectivity index (χ0v) is 8.54. The third-order valence-electron chi connectivity index (χ3n) is 1.95. The van der Waals surface area contributed by atoms with Crippen LogP contribution in [0.5, 0.6) is 0 Å². The van der Waals surface area contributed by atoms with Crippen LogP contribution in [0.3, 0.4) is 0 Å². The largest absolute Gasteiger partial charge is 0.384 e. The van der Waals surface area contributed by atoms with E-state index in [1.807, 2.05) is 4.57 Å². The van der Waals surface area contributed by atoms with Crippen LogP contribution in [-0.4, -0.2) is 16.1 Å². The van der Waals surface area contributed by atoms with Crippen LogP contribution in [0.2, 0.25) is 0 Å². The lowest BCUT2D eigenvalue weighted by Crippen LogP contribution is -2.18. The van der Waals surface area contributed by atoms with Crippen molar-refractivity contribution in [3.63, 3.8) is 0 Å². The van der Waals surface area contributed by atoms with Gasteiger partial charge in [0, 0.05) is 6.04 Å². The van der Waals surface area contributed by atoms with Gasteiger partial charge in [-0.15, -0.1) is 0 Å². The average Bonchev–Trinajstić information content (AvgIpc) is 2.43. The van der Waals surface area contributed by atoms with Gasteiger partial charge in [-0.25, -0.2) is 4.98 Å². The van der Waals surface area contributed by atoms with Crippen molar-refractivity contribution in [2.24, 2.45) is 0 Å². The Labute approximate surface area is 79.1 Å². The Morgan fingerprint density at radius 3 is 2.85 bits per heavy atom. The maximum atomic E-state index is 5.79. The lowest BCUT2D eigenvalue weighted by molar-refractivity contribution is 0.553. The first-order valence-corrected chi connectivity index (χ1v) is 4.69. The summed E-state index contributed by atoms with van der Waals surface area (Å²) in [6, 6.07) is 0.371. The fraction of sp³-hybridized carbons (Fsp3) is 0.667. The van der Waals surface area contributed by atoms with E-state index in [4.69, 9.17) is 5.73 Å². The van der Waals surface area contributed by atoms with Crippen LogP contribution < -0.4 is 11.1 Å². The van der Waals surface area contributed by atoms with Crippen molar-refractivity contribution in [1.82, 2.24) is 14.9 Å². The van der Waals surface area contributed by atoms with Crippen LogP contribution in [0.25, 0.3) is 0 Å². The highest BCUT2D eigenvalue weighted by atomic mass is 15.2. The van der Waals surface area contributed by atoms with Gasteiger partial charge in [-0.1, -0.05) is 6.92 Å². The van der Waals surface area contributed by atoms with Gasteiger partial charge < -0.3 is 15.6 Å². The molecule has 1 rings (SSSR count). The molecule has 0 bridgehead atoms. The molecule has 0 aliphatic rings. The first kappa shape index (κ1) is 10.1. The number of hydrogen-bond acceptors (Lipinski definition) is 3. The average molecular weight is 182 g/mol. The summed E-state index contributed by atoms with van der Waals surface area (Å²) in [7, 11) is 0. The van der Waals surface area contributed by atoms with Crippen molar-refractivity contribution >= 4 is 5.82 Å². The smallest absolute Gasteiger partial charge is 0.124 e. The molecule has 13 heavy (non-hydrogen) atoms. The van der Waals surface area contributed by atoms with Crippen LogP contribution in [0.4, 0.5) is 5.82 Å². The van der Waals surface area contributed by atoms with Gasteiger partial charge in [0.1, 0.15) is 11.6 Å². The Hall–Kier alpha value is -1.03. The molecule has 0 amide bonds. The fourth-order valence-electron chi connectivity index (χ4n) is 1.38. The van der Waals surface area contributed by atoms with Crippen LogP contribution in [0.1, 0.15) is 32.6 Å². The van der Waals surface area contributed by atoms with E-state index >= 15 is 0 Å². The zero-order valence-electron chi connectivity index (χ0n) is 8.54. The number of imidazole rings is 1. The molecule has 0 saturated carbocycles. The Bertz CT molecular complexity index is 265. The minimum Gasteiger partial charge on any atom is -0.384 e. The Morgan fingerprint density at radius 1 is 1.62 bits per heavy atom. The fourth-order valence-corrected chi connectivity index (χ4v) is 1.38. The van der Waals surface area contributed by atoms with E-state index in [-0.39, 0.29) is 0 Å². The number of aromatic nitrogens is 2. The lowest BCUT2D eigenvalue weighted by Gasteiger charge is -2.13. The van der Waals surface area contributed by atoms with Gasteiger partial charge in [0.25, 0.3) is 0 Å². The first-order chi connectivity index (χ1) is 6.16. The summed E-state index contributed by atoms with van der Waals surface area (Å²) >= 11 is 0. The summed E-state index contributed by atoms with van der Waals surface area (Å²) in [5, 5.41) is 3.23. The molecular formula is C9H18N4. The molecule has 3 N–H and O–H groups in total. The Morgan fingerprint density at radius 2 is 2.31 bits per heavy atom.